The van der Waals surface area contributed by atoms with E-state index >= 15 is 0 Å². The first kappa shape index (κ1) is 14.0. The molecule has 0 radical (unpaired) electrons. The first-order valence-electron chi connectivity index (χ1n) is 6.82. The Balaban J connectivity index is 2.16. The van der Waals surface area contributed by atoms with Crippen molar-refractivity contribution in [2.45, 2.75) is 65.3 Å². The lowest BCUT2D eigenvalue weighted by Crippen LogP contribution is -2.30. The average molecular weight is 226 g/mol. The van der Waals surface area contributed by atoms with Crippen LogP contribution in [0.25, 0.3) is 0 Å². The van der Waals surface area contributed by atoms with Crippen LogP contribution in [0.15, 0.2) is 0 Å². The van der Waals surface area contributed by atoms with Crippen LogP contribution in [0.4, 0.5) is 0 Å². The Kier molecular flexibility index (Phi) is 4.81. The molecule has 0 aromatic carbocycles. The molecule has 0 spiro atoms. The van der Waals surface area contributed by atoms with E-state index in [1.165, 1.54) is 38.6 Å². The fraction of sp³-hybridized carbons (Fsp3) is 1.00. The van der Waals surface area contributed by atoms with Crippen molar-refractivity contribution < 1.29 is 0 Å². The van der Waals surface area contributed by atoms with Gasteiger partial charge in [0.25, 0.3) is 0 Å². The van der Waals surface area contributed by atoms with Crippen molar-refractivity contribution in [3.63, 3.8) is 0 Å². The van der Waals surface area contributed by atoms with Crippen molar-refractivity contribution in [1.82, 2.24) is 5.32 Å². The molecule has 0 aliphatic heterocycles. The molecule has 1 fully saturated rings. The third kappa shape index (κ3) is 4.84. The second-order valence-electron chi connectivity index (χ2n) is 6.77. The molecule has 1 atom stereocenters. The SMILES string of the molecule is CC1(NCCCC(CCN)C(C)(C)C)CC1. The summed E-state index contributed by atoms with van der Waals surface area (Å²) in [6, 6.07) is 0. The van der Waals surface area contributed by atoms with Crippen molar-refractivity contribution in [3.8, 4) is 0 Å². The molecule has 2 heteroatoms. The zero-order chi connectivity index (χ0) is 12.2. The van der Waals surface area contributed by atoms with Gasteiger partial charge in [-0.2, -0.15) is 0 Å². The largest absolute Gasteiger partial charge is 0.330 e. The fourth-order valence-electron chi connectivity index (χ4n) is 2.31. The van der Waals surface area contributed by atoms with Crippen molar-refractivity contribution in [3.05, 3.63) is 0 Å². The third-order valence-electron chi connectivity index (χ3n) is 4.02. The van der Waals surface area contributed by atoms with Crippen LogP contribution in [0, 0.1) is 11.3 Å². The maximum Gasteiger partial charge on any atom is 0.0154 e. The summed E-state index contributed by atoms with van der Waals surface area (Å²) in [5.74, 6) is 0.770. The van der Waals surface area contributed by atoms with E-state index in [9.17, 15) is 0 Å². The number of hydrogen-bond donors (Lipinski definition) is 2. The summed E-state index contributed by atoms with van der Waals surface area (Å²) in [5, 5.41) is 3.65. The van der Waals surface area contributed by atoms with Gasteiger partial charge in [0.1, 0.15) is 0 Å². The molecule has 1 aliphatic carbocycles. The van der Waals surface area contributed by atoms with Crippen LogP contribution in [0.1, 0.15) is 59.8 Å². The van der Waals surface area contributed by atoms with Crippen molar-refractivity contribution in [1.29, 1.82) is 0 Å². The molecule has 1 saturated carbocycles. The number of nitrogens with one attached hydrogen (secondary N) is 1. The summed E-state index contributed by atoms with van der Waals surface area (Å²) in [6.45, 7) is 11.3. The van der Waals surface area contributed by atoms with Crippen molar-refractivity contribution >= 4 is 0 Å². The van der Waals surface area contributed by atoms with E-state index in [0.717, 1.165) is 12.5 Å². The van der Waals surface area contributed by atoms with Gasteiger partial charge < -0.3 is 11.1 Å². The zero-order valence-electron chi connectivity index (χ0n) is 11.6. The Morgan fingerprint density at radius 1 is 1.25 bits per heavy atom. The highest BCUT2D eigenvalue weighted by atomic mass is 15.0. The highest BCUT2D eigenvalue weighted by Gasteiger charge is 2.36. The van der Waals surface area contributed by atoms with Crippen LogP contribution in [0.3, 0.4) is 0 Å². The van der Waals surface area contributed by atoms with Gasteiger partial charge in [-0.3, -0.25) is 0 Å². The maximum absolute atomic E-state index is 5.69. The molecular formula is C14H30N2. The molecule has 16 heavy (non-hydrogen) atoms. The van der Waals surface area contributed by atoms with Crippen LogP contribution in [-0.4, -0.2) is 18.6 Å². The molecule has 1 aliphatic rings. The molecule has 1 rings (SSSR count). The van der Waals surface area contributed by atoms with E-state index in [4.69, 9.17) is 5.73 Å². The van der Waals surface area contributed by atoms with Crippen molar-refractivity contribution in [2.24, 2.45) is 17.1 Å². The normalized spacial score (nSPS) is 20.8. The Bertz CT molecular complexity index is 201. The van der Waals surface area contributed by atoms with Gasteiger partial charge in [0.05, 0.1) is 0 Å². The zero-order valence-corrected chi connectivity index (χ0v) is 11.6. The summed E-state index contributed by atoms with van der Waals surface area (Å²) < 4.78 is 0. The molecule has 0 saturated heterocycles. The van der Waals surface area contributed by atoms with E-state index in [1.54, 1.807) is 0 Å². The molecule has 1 unspecified atom stereocenters. The summed E-state index contributed by atoms with van der Waals surface area (Å²) in [7, 11) is 0. The standard InChI is InChI=1S/C14H30N2/c1-13(2,3)12(7-10-15)6-5-11-16-14(4)8-9-14/h12,16H,5-11,15H2,1-4H3. The second kappa shape index (κ2) is 5.50. The van der Waals surface area contributed by atoms with E-state index in [2.05, 4.69) is 33.0 Å². The number of nitrogens with two attached hydrogens (primary N) is 1. The minimum atomic E-state index is 0.406. The van der Waals surface area contributed by atoms with Crippen LogP contribution in [-0.2, 0) is 0 Å². The Morgan fingerprint density at radius 2 is 1.88 bits per heavy atom. The predicted molar refractivity (Wildman–Crippen MR) is 71.5 cm³/mol. The first-order valence-corrected chi connectivity index (χ1v) is 6.82. The third-order valence-corrected chi connectivity index (χ3v) is 4.02. The minimum absolute atomic E-state index is 0.406. The van der Waals surface area contributed by atoms with E-state index in [1.807, 2.05) is 0 Å². The lowest BCUT2D eigenvalue weighted by molar-refractivity contribution is 0.209. The van der Waals surface area contributed by atoms with Gasteiger partial charge in [-0.25, -0.2) is 0 Å². The van der Waals surface area contributed by atoms with Crippen LogP contribution >= 0.6 is 0 Å². The van der Waals surface area contributed by atoms with Gasteiger partial charge in [-0.15, -0.1) is 0 Å². The van der Waals surface area contributed by atoms with Crippen molar-refractivity contribution in [2.75, 3.05) is 13.1 Å². The topological polar surface area (TPSA) is 38.0 Å². The van der Waals surface area contributed by atoms with Crippen LogP contribution in [0.5, 0.6) is 0 Å². The lowest BCUT2D eigenvalue weighted by Gasteiger charge is -2.30. The van der Waals surface area contributed by atoms with Crippen LogP contribution in [0.2, 0.25) is 0 Å². The fourth-order valence-corrected chi connectivity index (χ4v) is 2.31. The van der Waals surface area contributed by atoms with E-state index < -0.39 is 0 Å². The maximum atomic E-state index is 5.69. The van der Waals surface area contributed by atoms with Gasteiger partial charge in [-0.1, -0.05) is 20.8 Å². The lowest BCUT2D eigenvalue weighted by atomic mass is 9.76. The second-order valence-corrected chi connectivity index (χ2v) is 6.77. The van der Waals surface area contributed by atoms with Gasteiger partial charge >= 0.3 is 0 Å². The Hall–Kier alpha value is -0.0800. The quantitative estimate of drug-likeness (QED) is 0.655. The molecule has 2 nitrogen and oxygen atoms in total. The highest BCUT2D eigenvalue weighted by molar-refractivity contribution is 4.97. The first-order chi connectivity index (χ1) is 7.37. The summed E-state index contributed by atoms with van der Waals surface area (Å²) in [6.07, 6.45) is 6.49. The van der Waals surface area contributed by atoms with Crippen LogP contribution < -0.4 is 11.1 Å². The molecule has 0 amide bonds. The predicted octanol–water partition coefficient (Wildman–Crippen LogP) is 2.92. The van der Waals surface area contributed by atoms with Gasteiger partial charge in [0.2, 0.25) is 0 Å². The number of hydrogen-bond acceptors (Lipinski definition) is 2. The molecule has 0 heterocycles. The highest BCUT2D eigenvalue weighted by Crippen LogP contribution is 2.35. The smallest absolute Gasteiger partial charge is 0.0154 e. The summed E-state index contributed by atoms with van der Waals surface area (Å²) >= 11 is 0. The van der Waals surface area contributed by atoms with E-state index in [-0.39, 0.29) is 0 Å². The molecular weight excluding hydrogens is 196 g/mol. The minimum Gasteiger partial charge on any atom is -0.330 e. The summed E-state index contributed by atoms with van der Waals surface area (Å²) in [4.78, 5) is 0. The van der Waals surface area contributed by atoms with Gasteiger partial charge in [-0.05, 0) is 63.5 Å². The molecule has 96 valence electrons. The molecule has 0 bridgehead atoms. The molecule has 0 aromatic rings. The Morgan fingerprint density at radius 3 is 2.31 bits per heavy atom. The average Bonchev–Trinajstić information content (AvgIpc) is 2.88. The van der Waals surface area contributed by atoms with Gasteiger partial charge in [0, 0.05) is 5.54 Å². The van der Waals surface area contributed by atoms with E-state index in [0.29, 0.717) is 11.0 Å². The molecule has 0 aromatic heterocycles. The number of rotatable bonds is 7. The Labute approximate surface area is 101 Å². The molecule has 3 N–H and O–H groups in total. The monoisotopic (exact) mass is 226 g/mol. The van der Waals surface area contributed by atoms with Gasteiger partial charge in [0.15, 0.2) is 0 Å². The summed E-state index contributed by atoms with van der Waals surface area (Å²) in [5.41, 5.74) is 6.59.